The van der Waals surface area contributed by atoms with Crippen LogP contribution in [0.15, 0.2) is 36.7 Å². The average Bonchev–Trinajstić information content (AvgIpc) is 2.81. The Bertz CT molecular complexity index is 496. The highest BCUT2D eigenvalue weighted by Gasteiger charge is 2.33. The number of hydrogen-bond acceptors (Lipinski definition) is 3. The van der Waals surface area contributed by atoms with Gasteiger partial charge in [-0.3, -0.25) is 0 Å². The van der Waals surface area contributed by atoms with Crippen molar-refractivity contribution in [1.29, 1.82) is 0 Å². The molecule has 0 spiro atoms. The van der Waals surface area contributed by atoms with Crippen LogP contribution in [-0.4, -0.2) is 21.6 Å². The van der Waals surface area contributed by atoms with Gasteiger partial charge in [0.2, 0.25) is 0 Å². The first-order chi connectivity index (χ1) is 8.57. The van der Waals surface area contributed by atoms with Gasteiger partial charge in [0.05, 0.1) is 18.3 Å². The van der Waals surface area contributed by atoms with E-state index in [1.807, 2.05) is 0 Å². The lowest BCUT2D eigenvalue weighted by molar-refractivity contribution is -0.139. The van der Waals surface area contributed by atoms with Crippen LogP contribution in [0.25, 0.3) is 0 Å². The van der Waals surface area contributed by atoms with E-state index in [0.29, 0.717) is 6.54 Å². The summed E-state index contributed by atoms with van der Waals surface area (Å²) in [5, 5.41) is 7.27. The van der Waals surface area contributed by atoms with Crippen molar-refractivity contribution in [2.45, 2.75) is 12.7 Å². The van der Waals surface area contributed by atoms with Gasteiger partial charge in [0, 0.05) is 6.20 Å². The molecule has 0 unspecified atom stereocenters. The minimum atomic E-state index is -4.41. The summed E-state index contributed by atoms with van der Waals surface area (Å²) in [6, 6.07) is 5.11. The Hall–Kier alpha value is -2.05. The van der Waals surface area contributed by atoms with Crippen molar-refractivity contribution in [3.8, 4) is 5.75 Å². The first kappa shape index (κ1) is 12.4. The summed E-state index contributed by atoms with van der Waals surface area (Å²) in [5.41, 5.74) is -0.774. The number of ether oxygens (including phenoxy) is 1. The molecule has 2 aromatic rings. The van der Waals surface area contributed by atoms with Crippen LogP contribution in [-0.2, 0) is 12.7 Å². The Morgan fingerprint density at radius 2 is 2.00 bits per heavy atom. The molecule has 0 aliphatic carbocycles. The van der Waals surface area contributed by atoms with Crippen molar-refractivity contribution in [3.05, 3.63) is 42.2 Å². The summed E-state index contributed by atoms with van der Waals surface area (Å²) in [7, 11) is 0. The zero-order chi connectivity index (χ0) is 13.0. The fourth-order valence-electron chi connectivity index (χ4n) is 1.43. The lowest BCUT2D eigenvalue weighted by Gasteiger charge is -2.13. The fourth-order valence-corrected chi connectivity index (χ4v) is 1.43. The van der Waals surface area contributed by atoms with E-state index in [1.165, 1.54) is 29.1 Å². The Balaban J connectivity index is 2.01. The fraction of sp³-hybridized carbons (Fsp3) is 0.273. The van der Waals surface area contributed by atoms with E-state index in [4.69, 9.17) is 4.74 Å². The van der Waals surface area contributed by atoms with Crippen molar-refractivity contribution in [2.24, 2.45) is 0 Å². The monoisotopic (exact) mass is 257 g/mol. The lowest BCUT2D eigenvalue weighted by Crippen LogP contribution is -2.12. The maximum atomic E-state index is 12.6. The number of halogens is 3. The SMILES string of the molecule is FC(F)(F)c1ccccc1OCCn1ccnn1. The average molecular weight is 257 g/mol. The van der Waals surface area contributed by atoms with Crippen molar-refractivity contribution in [2.75, 3.05) is 6.61 Å². The second-order valence-electron chi connectivity index (χ2n) is 3.51. The van der Waals surface area contributed by atoms with Gasteiger partial charge in [-0.25, -0.2) is 4.68 Å². The molecule has 18 heavy (non-hydrogen) atoms. The molecular formula is C11H10F3N3O. The van der Waals surface area contributed by atoms with Gasteiger partial charge in [-0.1, -0.05) is 17.3 Å². The molecule has 7 heteroatoms. The van der Waals surface area contributed by atoms with Crippen LogP contribution < -0.4 is 4.74 Å². The second kappa shape index (κ2) is 5.07. The van der Waals surface area contributed by atoms with E-state index in [0.717, 1.165) is 6.07 Å². The van der Waals surface area contributed by atoms with Crippen molar-refractivity contribution in [3.63, 3.8) is 0 Å². The largest absolute Gasteiger partial charge is 0.491 e. The van der Waals surface area contributed by atoms with Crippen molar-refractivity contribution in [1.82, 2.24) is 15.0 Å². The molecule has 4 nitrogen and oxygen atoms in total. The second-order valence-corrected chi connectivity index (χ2v) is 3.51. The number of hydrogen-bond donors (Lipinski definition) is 0. The van der Waals surface area contributed by atoms with Crippen molar-refractivity contribution < 1.29 is 17.9 Å². The molecular weight excluding hydrogens is 247 g/mol. The minimum absolute atomic E-state index is 0.0937. The number of aromatic nitrogens is 3. The van der Waals surface area contributed by atoms with Crippen LogP contribution in [0.4, 0.5) is 13.2 Å². The number of nitrogens with zero attached hydrogens (tertiary/aromatic N) is 3. The predicted molar refractivity (Wildman–Crippen MR) is 57.0 cm³/mol. The zero-order valence-electron chi connectivity index (χ0n) is 9.26. The Kier molecular flexibility index (Phi) is 3.50. The summed E-state index contributed by atoms with van der Waals surface area (Å²) >= 11 is 0. The van der Waals surface area contributed by atoms with Gasteiger partial charge < -0.3 is 4.74 Å². The van der Waals surface area contributed by atoms with E-state index < -0.39 is 11.7 Å². The normalized spacial score (nSPS) is 11.5. The molecule has 96 valence electrons. The predicted octanol–water partition coefficient (Wildman–Crippen LogP) is 2.38. The molecule has 0 bridgehead atoms. The molecule has 0 saturated carbocycles. The van der Waals surface area contributed by atoms with Gasteiger partial charge in [0.1, 0.15) is 12.4 Å². The van der Waals surface area contributed by atoms with E-state index in [2.05, 4.69) is 10.3 Å². The topological polar surface area (TPSA) is 39.9 Å². The number of alkyl halides is 3. The third kappa shape index (κ3) is 2.99. The third-order valence-corrected chi connectivity index (χ3v) is 2.24. The summed E-state index contributed by atoms with van der Waals surface area (Å²) in [4.78, 5) is 0. The highest BCUT2D eigenvalue weighted by molar-refractivity contribution is 5.35. The summed E-state index contributed by atoms with van der Waals surface area (Å²) in [6.45, 7) is 0.433. The quantitative estimate of drug-likeness (QED) is 0.844. The number of rotatable bonds is 4. The number of para-hydroxylation sites is 1. The van der Waals surface area contributed by atoms with Crippen LogP contribution in [0.5, 0.6) is 5.75 Å². The molecule has 0 aliphatic rings. The highest BCUT2D eigenvalue weighted by atomic mass is 19.4. The molecule has 2 rings (SSSR count). The molecule has 0 fully saturated rings. The minimum Gasteiger partial charge on any atom is -0.491 e. The first-order valence-electron chi connectivity index (χ1n) is 5.20. The zero-order valence-corrected chi connectivity index (χ0v) is 9.26. The highest BCUT2D eigenvalue weighted by Crippen LogP contribution is 2.35. The molecule has 0 amide bonds. The Morgan fingerprint density at radius 3 is 2.67 bits per heavy atom. The smallest absolute Gasteiger partial charge is 0.419 e. The molecule has 0 N–H and O–H groups in total. The van der Waals surface area contributed by atoms with Crippen LogP contribution in [0.3, 0.4) is 0 Å². The Morgan fingerprint density at radius 1 is 1.22 bits per heavy atom. The van der Waals surface area contributed by atoms with E-state index in [9.17, 15) is 13.2 Å². The van der Waals surface area contributed by atoms with Gasteiger partial charge >= 0.3 is 6.18 Å². The van der Waals surface area contributed by atoms with Gasteiger partial charge in [-0.05, 0) is 12.1 Å². The molecule has 0 atom stereocenters. The lowest BCUT2D eigenvalue weighted by atomic mass is 10.2. The standard InChI is InChI=1S/C11H10F3N3O/c12-11(13,14)9-3-1-2-4-10(9)18-8-7-17-6-5-15-16-17/h1-6H,7-8H2. The van der Waals surface area contributed by atoms with Crippen LogP contribution in [0.1, 0.15) is 5.56 Å². The molecule has 0 radical (unpaired) electrons. The van der Waals surface area contributed by atoms with Gasteiger partial charge in [-0.15, -0.1) is 5.10 Å². The summed E-state index contributed by atoms with van der Waals surface area (Å²) in [6.07, 6.45) is -1.31. The molecule has 1 aromatic carbocycles. The number of benzene rings is 1. The van der Waals surface area contributed by atoms with Crippen LogP contribution in [0.2, 0.25) is 0 Å². The van der Waals surface area contributed by atoms with Crippen LogP contribution >= 0.6 is 0 Å². The van der Waals surface area contributed by atoms with Crippen molar-refractivity contribution >= 4 is 0 Å². The third-order valence-electron chi connectivity index (χ3n) is 2.24. The molecule has 1 aromatic heterocycles. The molecule has 0 aliphatic heterocycles. The molecule has 1 heterocycles. The van der Waals surface area contributed by atoms with Gasteiger partial charge in [0.15, 0.2) is 0 Å². The van der Waals surface area contributed by atoms with Gasteiger partial charge in [-0.2, -0.15) is 13.2 Å². The maximum absolute atomic E-state index is 12.6. The van der Waals surface area contributed by atoms with E-state index in [1.54, 1.807) is 6.20 Å². The maximum Gasteiger partial charge on any atom is 0.419 e. The Labute approximate surface area is 101 Å². The van der Waals surface area contributed by atoms with E-state index >= 15 is 0 Å². The van der Waals surface area contributed by atoms with Gasteiger partial charge in [0.25, 0.3) is 0 Å². The molecule has 0 saturated heterocycles. The summed E-state index contributed by atoms with van der Waals surface area (Å²) < 4.78 is 44.5. The van der Waals surface area contributed by atoms with E-state index in [-0.39, 0.29) is 12.4 Å². The first-order valence-corrected chi connectivity index (χ1v) is 5.20. The van der Waals surface area contributed by atoms with Crippen LogP contribution in [0, 0.1) is 0 Å². The summed E-state index contributed by atoms with van der Waals surface area (Å²) in [5.74, 6) is -0.176.